The van der Waals surface area contributed by atoms with Gasteiger partial charge in [0.1, 0.15) is 6.61 Å². The van der Waals surface area contributed by atoms with E-state index in [0.29, 0.717) is 6.54 Å². The number of ether oxygens (including phenoxy) is 1. The Morgan fingerprint density at radius 1 is 1.07 bits per heavy atom. The SMILES string of the molecule is C/C=C/[C@@H]1CN(C(=O)OCC2c3ccccc3-c3ccccc32)C[C@H]1C(=O)O. The lowest BCUT2D eigenvalue weighted by molar-refractivity contribution is -0.142. The fourth-order valence-corrected chi connectivity index (χ4v) is 4.37. The first-order valence-corrected chi connectivity index (χ1v) is 9.55. The number of allylic oxidation sites excluding steroid dienone is 1. The van der Waals surface area contributed by atoms with E-state index in [1.165, 1.54) is 16.0 Å². The van der Waals surface area contributed by atoms with Gasteiger partial charge in [-0.3, -0.25) is 4.79 Å². The van der Waals surface area contributed by atoms with E-state index in [2.05, 4.69) is 24.3 Å². The second kappa shape index (κ2) is 7.50. The summed E-state index contributed by atoms with van der Waals surface area (Å²) in [4.78, 5) is 25.6. The second-order valence-electron chi connectivity index (χ2n) is 7.34. The van der Waals surface area contributed by atoms with Crippen LogP contribution in [0.5, 0.6) is 0 Å². The van der Waals surface area contributed by atoms with Crippen molar-refractivity contribution in [2.24, 2.45) is 11.8 Å². The highest BCUT2D eigenvalue weighted by atomic mass is 16.6. The van der Waals surface area contributed by atoms with Crippen LogP contribution in [0.1, 0.15) is 24.0 Å². The molecule has 0 bridgehead atoms. The van der Waals surface area contributed by atoms with Crippen molar-refractivity contribution in [3.8, 4) is 11.1 Å². The number of amides is 1. The standard InChI is InChI=1S/C23H23NO4/c1-2-7-15-12-24(13-20(15)22(25)26)23(27)28-14-21-18-10-5-3-8-16(18)17-9-4-6-11-19(17)21/h2-11,15,20-21H,12-14H2,1H3,(H,25,26)/b7-2+/t15-,20-/m1/s1. The smallest absolute Gasteiger partial charge is 0.409 e. The van der Waals surface area contributed by atoms with E-state index >= 15 is 0 Å². The third kappa shape index (κ3) is 3.17. The Morgan fingerprint density at radius 3 is 2.25 bits per heavy atom. The summed E-state index contributed by atoms with van der Waals surface area (Å²) in [5, 5.41) is 9.42. The molecule has 1 fully saturated rings. The van der Waals surface area contributed by atoms with E-state index < -0.39 is 18.0 Å². The molecule has 1 aliphatic carbocycles. The highest BCUT2D eigenvalue weighted by molar-refractivity contribution is 5.79. The molecule has 1 N–H and O–H groups in total. The first-order chi connectivity index (χ1) is 13.6. The largest absolute Gasteiger partial charge is 0.481 e. The number of fused-ring (bicyclic) bond motifs is 3. The molecule has 0 aromatic heterocycles. The van der Waals surface area contributed by atoms with Gasteiger partial charge in [0.25, 0.3) is 0 Å². The van der Waals surface area contributed by atoms with Gasteiger partial charge < -0.3 is 14.7 Å². The molecule has 1 heterocycles. The Bertz CT molecular complexity index is 890. The van der Waals surface area contributed by atoms with Crippen LogP contribution < -0.4 is 0 Å². The minimum atomic E-state index is -0.878. The summed E-state index contributed by atoms with van der Waals surface area (Å²) in [6.45, 7) is 2.66. The lowest BCUT2D eigenvalue weighted by atomic mass is 9.96. The molecule has 144 valence electrons. The predicted molar refractivity (Wildman–Crippen MR) is 106 cm³/mol. The van der Waals surface area contributed by atoms with Crippen molar-refractivity contribution in [1.82, 2.24) is 4.90 Å². The zero-order valence-electron chi connectivity index (χ0n) is 15.7. The number of aliphatic carboxylic acids is 1. The van der Waals surface area contributed by atoms with E-state index in [0.717, 1.165) is 11.1 Å². The third-order valence-corrected chi connectivity index (χ3v) is 5.72. The highest BCUT2D eigenvalue weighted by Crippen LogP contribution is 2.44. The van der Waals surface area contributed by atoms with Crippen molar-refractivity contribution in [1.29, 1.82) is 0 Å². The van der Waals surface area contributed by atoms with Crippen LogP contribution in [0, 0.1) is 11.8 Å². The summed E-state index contributed by atoms with van der Waals surface area (Å²) in [5.41, 5.74) is 4.68. The molecule has 1 amide bonds. The average Bonchev–Trinajstić information content (AvgIpc) is 3.26. The van der Waals surface area contributed by atoms with Crippen LogP contribution in [0.25, 0.3) is 11.1 Å². The van der Waals surface area contributed by atoms with Gasteiger partial charge in [-0.25, -0.2) is 4.79 Å². The van der Waals surface area contributed by atoms with Gasteiger partial charge in [0, 0.05) is 24.9 Å². The van der Waals surface area contributed by atoms with Crippen LogP contribution in [0.3, 0.4) is 0 Å². The van der Waals surface area contributed by atoms with Crippen molar-refractivity contribution in [3.05, 3.63) is 71.8 Å². The van der Waals surface area contributed by atoms with E-state index in [9.17, 15) is 14.7 Å². The van der Waals surface area contributed by atoms with E-state index in [4.69, 9.17) is 4.74 Å². The Morgan fingerprint density at radius 2 is 1.68 bits per heavy atom. The summed E-state index contributed by atoms with van der Waals surface area (Å²) in [5.74, 6) is -1.64. The minimum Gasteiger partial charge on any atom is -0.481 e. The van der Waals surface area contributed by atoms with Crippen molar-refractivity contribution in [2.75, 3.05) is 19.7 Å². The van der Waals surface area contributed by atoms with Crippen LogP contribution >= 0.6 is 0 Å². The number of hydrogen-bond acceptors (Lipinski definition) is 3. The number of carbonyl (C=O) groups is 2. The third-order valence-electron chi connectivity index (χ3n) is 5.72. The minimum absolute atomic E-state index is 0.000517. The molecule has 2 aliphatic rings. The maximum absolute atomic E-state index is 12.6. The van der Waals surface area contributed by atoms with Crippen LogP contribution in [-0.4, -0.2) is 41.8 Å². The molecular weight excluding hydrogens is 354 g/mol. The molecular formula is C23H23NO4. The number of carboxylic acid groups (broad SMARTS) is 1. The summed E-state index contributed by atoms with van der Waals surface area (Å²) in [7, 11) is 0. The van der Waals surface area contributed by atoms with Crippen LogP contribution in [-0.2, 0) is 9.53 Å². The molecule has 5 heteroatoms. The number of likely N-dealkylation sites (tertiary alicyclic amines) is 1. The Balaban J connectivity index is 1.48. The number of carboxylic acids is 1. The summed E-state index contributed by atoms with van der Waals surface area (Å²) in [6.07, 6.45) is 3.25. The summed E-state index contributed by atoms with van der Waals surface area (Å²) < 4.78 is 5.65. The summed E-state index contributed by atoms with van der Waals surface area (Å²) in [6, 6.07) is 16.4. The Kier molecular flexibility index (Phi) is 4.90. The maximum Gasteiger partial charge on any atom is 0.409 e. The first kappa shape index (κ1) is 18.3. The first-order valence-electron chi connectivity index (χ1n) is 9.55. The number of rotatable bonds is 4. The fraction of sp³-hybridized carbons (Fsp3) is 0.304. The average molecular weight is 377 g/mol. The molecule has 4 rings (SSSR count). The zero-order chi connectivity index (χ0) is 19.7. The number of carbonyl (C=O) groups excluding carboxylic acids is 1. The molecule has 5 nitrogen and oxygen atoms in total. The van der Waals surface area contributed by atoms with Crippen molar-refractivity contribution in [2.45, 2.75) is 12.8 Å². The topological polar surface area (TPSA) is 66.8 Å². The molecule has 0 unspecified atom stereocenters. The van der Waals surface area contributed by atoms with Crippen LogP contribution in [0.15, 0.2) is 60.7 Å². The van der Waals surface area contributed by atoms with Gasteiger partial charge in [-0.1, -0.05) is 60.7 Å². The maximum atomic E-state index is 12.6. The number of benzene rings is 2. The van der Waals surface area contributed by atoms with Crippen LogP contribution in [0.2, 0.25) is 0 Å². The molecule has 1 saturated heterocycles. The monoisotopic (exact) mass is 377 g/mol. The van der Waals surface area contributed by atoms with Gasteiger partial charge in [0.05, 0.1) is 5.92 Å². The molecule has 28 heavy (non-hydrogen) atoms. The van der Waals surface area contributed by atoms with E-state index in [-0.39, 0.29) is 25.0 Å². The lowest BCUT2D eigenvalue weighted by Crippen LogP contribution is -2.31. The van der Waals surface area contributed by atoms with Crippen LogP contribution in [0.4, 0.5) is 4.79 Å². The van der Waals surface area contributed by atoms with E-state index in [1.807, 2.05) is 43.3 Å². The van der Waals surface area contributed by atoms with Gasteiger partial charge in [0.2, 0.25) is 0 Å². The summed E-state index contributed by atoms with van der Waals surface area (Å²) >= 11 is 0. The molecule has 0 saturated carbocycles. The quantitative estimate of drug-likeness (QED) is 0.813. The molecule has 2 aromatic rings. The normalized spacial score (nSPS) is 21.0. The molecule has 1 aliphatic heterocycles. The fourth-order valence-electron chi connectivity index (χ4n) is 4.37. The van der Waals surface area contributed by atoms with Gasteiger partial charge >= 0.3 is 12.1 Å². The van der Waals surface area contributed by atoms with Crippen molar-refractivity contribution < 1.29 is 19.4 Å². The Hall–Kier alpha value is -3.08. The highest BCUT2D eigenvalue weighted by Gasteiger charge is 2.39. The molecule has 2 atom stereocenters. The number of hydrogen-bond donors (Lipinski definition) is 1. The van der Waals surface area contributed by atoms with Crippen molar-refractivity contribution >= 4 is 12.1 Å². The lowest BCUT2D eigenvalue weighted by Gasteiger charge is -2.19. The van der Waals surface area contributed by atoms with Gasteiger partial charge in [-0.15, -0.1) is 0 Å². The van der Waals surface area contributed by atoms with Gasteiger partial charge in [-0.2, -0.15) is 0 Å². The molecule has 0 radical (unpaired) electrons. The molecule has 2 aromatic carbocycles. The van der Waals surface area contributed by atoms with Crippen molar-refractivity contribution in [3.63, 3.8) is 0 Å². The van der Waals surface area contributed by atoms with E-state index in [1.54, 1.807) is 0 Å². The Labute approximate surface area is 164 Å². The van der Waals surface area contributed by atoms with Gasteiger partial charge in [0.15, 0.2) is 0 Å². The predicted octanol–water partition coefficient (Wildman–Crippen LogP) is 4.14. The second-order valence-corrected chi connectivity index (χ2v) is 7.34. The molecule has 0 spiro atoms. The number of nitrogens with zero attached hydrogens (tertiary/aromatic N) is 1. The van der Waals surface area contributed by atoms with Gasteiger partial charge in [-0.05, 0) is 29.2 Å². The zero-order valence-corrected chi connectivity index (χ0v) is 15.7.